The quantitative estimate of drug-likeness (QED) is 0.709. The van der Waals surface area contributed by atoms with Gasteiger partial charge in [-0.05, 0) is 40.1 Å². The smallest absolute Gasteiger partial charge is 0.314 e. The predicted molar refractivity (Wildman–Crippen MR) is 102 cm³/mol. The first-order valence-corrected chi connectivity index (χ1v) is 9.13. The molecule has 0 aliphatic carbocycles. The van der Waals surface area contributed by atoms with E-state index in [1.165, 1.54) is 12.1 Å². The zero-order valence-electron chi connectivity index (χ0n) is 14.8. The van der Waals surface area contributed by atoms with Crippen LogP contribution >= 0.6 is 0 Å². The minimum Gasteiger partial charge on any atom is -0.314 e. The molecular formula is C22H21F3N2. The Balaban J connectivity index is 1.81. The van der Waals surface area contributed by atoms with Crippen molar-refractivity contribution in [2.24, 2.45) is 0 Å². The van der Waals surface area contributed by atoms with Crippen LogP contribution in [0, 0.1) is 0 Å². The van der Waals surface area contributed by atoms with Gasteiger partial charge in [-0.1, -0.05) is 48.5 Å². The first kappa shape index (κ1) is 18.0. The zero-order valence-corrected chi connectivity index (χ0v) is 14.8. The van der Waals surface area contributed by atoms with Crippen LogP contribution < -0.4 is 5.32 Å². The maximum Gasteiger partial charge on any atom is 0.416 e. The molecule has 1 fully saturated rings. The molecule has 1 heterocycles. The Morgan fingerprint density at radius 3 is 2.22 bits per heavy atom. The largest absolute Gasteiger partial charge is 0.416 e. The molecule has 0 aromatic heterocycles. The van der Waals surface area contributed by atoms with E-state index in [4.69, 9.17) is 0 Å². The van der Waals surface area contributed by atoms with E-state index in [0.29, 0.717) is 5.56 Å². The van der Waals surface area contributed by atoms with E-state index in [0.717, 1.165) is 48.6 Å². The van der Waals surface area contributed by atoms with Gasteiger partial charge in [0.15, 0.2) is 0 Å². The summed E-state index contributed by atoms with van der Waals surface area (Å²) in [6.45, 7) is 3.27. The molecule has 0 radical (unpaired) electrons. The molecule has 1 unspecified atom stereocenters. The molecule has 1 atom stereocenters. The maximum atomic E-state index is 13.3. The second-order valence-corrected chi connectivity index (χ2v) is 6.92. The van der Waals surface area contributed by atoms with Gasteiger partial charge in [-0.25, -0.2) is 0 Å². The Kier molecular flexibility index (Phi) is 4.89. The Morgan fingerprint density at radius 2 is 1.48 bits per heavy atom. The van der Waals surface area contributed by atoms with Gasteiger partial charge in [-0.2, -0.15) is 13.2 Å². The fraction of sp³-hybridized carbons (Fsp3) is 0.273. The molecule has 3 aromatic carbocycles. The average Bonchev–Trinajstić information content (AvgIpc) is 2.69. The molecular weight excluding hydrogens is 349 g/mol. The number of rotatable bonds is 3. The number of hydrogen-bond donors (Lipinski definition) is 1. The van der Waals surface area contributed by atoms with Crippen molar-refractivity contribution < 1.29 is 13.2 Å². The standard InChI is InChI=1S/C22H21F3N2/c23-22(24,25)20-7-3-6-18(15-20)21(27-12-10-26-11-13-27)19-9-8-16-4-1-2-5-17(16)14-19/h1-9,14-15,21,26H,10-13H2. The van der Waals surface area contributed by atoms with Gasteiger partial charge in [0.05, 0.1) is 11.6 Å². The van der Waals surface area contributed by atoms with Crippen LogP contribution in [0.4, 0.5) is 13.2 Å². The van der Waals surface area contributed by atoms with E-state index in [1.807, 2.05) is 36.4 Å². The third-order valence-electron chi connectivity index (χ3n) is 5.14. The minimum absolute atomic E-state index is 0.195. The van der Waals surface area contributed by atoms with Crippen molar-refractivity contribution >= 4 is 10.8 Å². The fourth-order valence-electron chi connectivity index (χ4n) is 3.82. The lowest BCUT2D eigenvalue weighted by Gasteiger charge is -2.36. The molecule has 27 heavy (non-hydrogen) atoms. The summed E-state index contributed by atoms with van der Waals surface area (Å²) in [6.07, 6.45) is -4.34. The van der Waals surface area contributed by atoms with Crippen LogP contribution in [-0.4, -0.2) is 31.1 Å². The Labute approximate surface area is 156 Å². The topological polar surface area (TPSA) is 15.3 Å². The second kappa shape index (κ2) is 7.33. The first-order chi connectivity index (χ1) is 13.0. The number of nitrogens with zero attached hydrogens (tertiary/aromatic N) is 1. The molecule has 1 saturated heterocycles. The number of benzene rings is 3. The van der Waals surface area contributed by atoms with Gasteiger partial charge in [0, 0.05) is 26.2 Å². The molecule has 1 N–H and O–H groups in total. The number of fused-ring (bicyclic) bond motifs is 1. The van der Waals surface area contributed by atoms with Crippen molar-refractivity contribution in [3.05, 3.63) is 83.4 Å². The molecule has 1 aliphatic rings. The number of piperazine rings is 1. The van der Waals surface area contributed by atoms with Gasteiger partial charge >= 0.3 is 6.18 Å². The van der Waals surface area contributed by atoms with Crippen molar-refractivity contribution in [1.82, 2.24) is 10.2 Å². The average molecular weight is 370 g/mol. The predicted octanol–water partition coefficient (Wildman–Crippen LogP) is 4.85. The van der Waals surface area contributed by atoms with Crippen molar-refractivity contribution in [3.8, 4) is 0 Å². The van der Waals surface area contributed by atoms with Gasteiger partial charge in [0.1, 0.15) is 0 Å². The summed E-state index contributed by atoms with van der Waals surface area (Å²) in [5, 5.41) is 5.54. The SMILES string of the molecule is FC(F)(F)c1cccc(C(c2ccc3ccccc3c2)N2CCNCC2)c1. The monoisotopic (exact) mass is 370 g/mol. The fourth-order valence-corrected chi connectivity index (χ4v) is 3.82. The normalized spacial score (nSPS) is 17.1. The van der Waals surface area contributed by atoms with Crippen LogP contribution in [0.5, 0.6) is 0 Å². The van der Waals surface area contributed by atoms with Crippen LogP contribution in [0.2, 0.25) is 0 Å². The third-order valence-corrected chi connectivity index (χ3v) is 5.14. The summed E-state index contributed by atoms with van der Waals surface area (Å²) in [4.78, 5) is 2.26. The highest BCUT2D eigenvalue weighted by Gasteiger charge is 2.32. The number of hydrogen-bond acceptors (Lipinski definition) is 2. The van der Waals surface area contributed by atoms with Crippen LogP contribution in [0.25, 0.3) is 10.8 Å². The highest BCUT2D eigenvalue weighted by Crippen LogP contribution is 2.35. The summed E-state index contributed by atoms with van der Waals surface area (Å²) in [5.41, 5.74) is 1.11. The molecule has 3 aromatic rings. The van der Waals surface area contributed by atoms with Gasteiger partial charge in [0.25, 0.3) is 0 Å². The number of alkyl halides is 3. The summed E-state index contributed by atoms with van der Waals surface area (Å²) in [5.74, 6) is 0. The van der Waals surface area contributed by atoms with Gasteiger partial charge in [0.2, 0.25) is 0 Å². The molecule has 1 aliphatic heterocycles. The van der Waals surface area contributed by atoms with Crippen LogP contribution in [0.1, 0.15) is 22.7 Å². The highest BCUT2D eigenvalue weighted by molar-refractivity contribution is 5.83. The van der Waals surface area contributed by atoms with E-state index in [2.05, 4.69) is 16.3 Å². The van der Waals surface area contributed by atoms with Gasteiger partial charge in [-0.15, -0.1) is 0 Å². The zero-order chi connectivity index (χ0) is 18.9. The molecule has 4 rings (SSSR count). The van der Waals surface area contributed by atoms with Gasteiger partial charge < -0.3 is 5.32 Å². The lowest BCUT2D eigenvalue weighted by atomic mass is 9.93. The van der Waals surface area contributed by atoms with E-state index >= 15 is 0 Å². The summed E-state index contributed by atoms with van der Waals surface area (Å²) >= 11 is 0. The second-order valence-electron chi connectivity index (χ2n) is 6.92. The van der Waals surface area contributed by atoms with Crippen molar-refractivity contribution in [2.75, 3.05) is 26.2 Å². The Bertz CT molecular complexity index is 930. The maximum absolute atomic E-state index is 13.3. The first-order valence-electron chi connectivity index (χ1n) is 9.13. The van der Waals surface area contributed by atoms with E-state index in [1.54, 1.807) is 6.07 Å². The van der Waals surface area contributed by atoms with E-state index in [-0.39, 0.29) is 6.04 Å². The molecule has 0 bridgehead atoms. The summed E-state index contributed by atoms with van der Waals surface area (Å²) in [7, 11) is 0. The lowest BCUT2D eigenvalue weighted by Crippen LogP contribution is -2.45. The molecule has 140 valence electrons. The van der Waals surface area contributed by atoms with Crippen LogP contribution in [0.15, 0.2) is 66.7 Å². The Morgan fingerprint density at radius 1 is 0.778 bits per heavy atom. The minimum atomic E-state index is -4.34. The summed E-state index contributed by atoms with van der Waals surface area (Å²) in [6, 6.07) is 19.8. The lowest BCUT2D eigenvalue weighted by molar-refractivity contribution is -0.137. The number of nitrogens with one attached hydrogen (secondary N) is 1. The molecule has 5 heteroatoms. The molecule has 0 saturated carbocycles. The third kappa shape index (κ3) is 3.84. The highest BCUT2D eigenvalue weighted by atomic mass is 19.4. The van der Waals surface area contributed by atoms with Crippen molar-refractivity contribution in [2.45, 2.75) is 12.2 Å². The van der Waals surface area contributed by atoms with E-state index < -0.39 is 11.7 Å². The van der Waals surface area contributed by atoms with Crippen LogP contribution in [-0.2, 0) is 6.18 Å². The van der Waals surface area contributed by atoms with Crippen LogP contribution in [0.3, 0.4) is 0 Å². The Hall–Kier alpha value is -2.37. The van der Waals surface area contributed by atoms with Gasteiger partial charge in [-0.3, -0.25) is 4.90 Å². The molecule has 0 amide bonds. The number of halogens is 3. The molecule has 0 spiro atoms. The van der Waals surface area contributed by atoms with E-state index in [9.17, 15) is 13.2 Å². The van der Waals surface area contributed by atoms with Crippen molar-refractivity contribution in [1.29, 1.82) is 0 Å². The summed E-state index contributed by atoms with van der Waals surface area (Å²) < 4.78 is 39.8. The molecule has 2 nitrogen and oxygen atoms in total. The van der Waals surface area contributed by atoms with Crippen molar-refractivity contribution in [3.63, 3.8) is 0 Å².